The Morgan fingerprint density at radius 2 is 1.88 bits per heavy atom. The Kier molecular flexibility index (Phi) is 9.99. The van der Waals surface area contributed by atoms with E-state index in [1.165, 1.54) is 6.42 Å². The summed E-state index contributed by atoms with van der Waals surface area (Å²) >= 11 is 0. The van der Waals surface area contributed by atoms with Crippen LogP contribution in [0.2, 0.25) is 0 Å². The fraction of sp³-hybridized carbons (Fsp3) is 1.00. The molecule has 0 aromatic rings. The predicted octanol–water partition coefficient (Wildman–Crippen LogP) is 2.12. The summed E-state index contributed by atoms with van der Waals surface area (Å²) in [5.74, 6) is 0. The second-order valence-corrected chi connectivity index (χ2v) is 4.39. The monoisotopic (exact) mass is 230 g/mol. The number of nitrogens with zero attached hydrogens (tertiary/aromatic N) is 1. The molecule has 0 heterocycles. The van der Waals surface area contributed by atoms with Gasteiger partial charge in [0.05, 0.1) is 6.61 Å². The van der Waals surface area contributed by atoms with Gasteiger partial charge in [-0.2, -0.15) is 0 Å². The van der Waals surface area contributed by atoms with Gasteiger partial charge < -0.3 is 10.1 Å². The van der Waals surface area contributed by atoms with Gasteiger partial charge in [0.1, 0.15) is 0 Å². The second-order valence-electron chi connectivity index (χ2n) is 4.39. The highest BCUT2D eigenvalue weighted by molar-refractivity contribution is 4.70. The Morgan fingerprint density at radius 3 is 2.38 bits per heavy atom. The minimum atomic E-state index is 0.583. The standard InChI is InChI=1S/C13H30N2O/c1-6-12(4)14-11-13(5)15(7-2)9-10-16-8-3/h12-14H,6-11H2,1-5H3. The first-order chi connectivity index (χ1) is 7.65. The van der Waals surface area contributed by atoms with Crippen molar-refractivity contribution in [3.8, 4) is 0 Å². The maximum atomic E-state index is 5.40. The molecular formula is C13H30N2O. The van der Waals surface area contributed by atoms with Crippen molar-refractivity contribution in [2.24, 2.45) is 0 Å². The molecule has 0 amide bonds. The van der Waals surface area contributed by atoms with Crippen molar-refractivity contribution in [3.05, 3.63) is 0 Å². The minimum absolute atomic E-state index is 0.583. The number of hydrogen-bond acceptors (Lipinski definition) is 3. The lowest BCUT2D eigenvalue weighted by atomic mass is 10.2. The molecule has 0 fully saturated rings. The van der Waals surface area contributed by atoms with Crippen LogP contribution in [0, 0.1) is 0 Å². The maximum Gasteiger partial charge on any atom is 0.0593 e. The third-order valence-electron chi connectivity index (χ3n) is 3.13. The van der Waals surface area contributed by atoms with E-state index in [1.54, 1.807) is 0 Å². The molecule has 0 aliphatic carbocycles. The lowest BCUT2D eigenvalue weighted by Crippen LogP contribution is -2.43. The summed E-state index contributed by atoms with van der Waals surface area (Å²) in [4.78, 5) is 2.46. The molecule has 98 valence electrons. The van der Waals surface area contributed by atoms with Gasteiger partial charge in [-0.15, -0.1) is 0 Å². The van der Waals surface area contributed by atoms with Gasteiger partial charge in [0.25, 0.3) is 0 Å². The third-order valence-corrected chi connectivity index (χ3v) is 3.13. The highest BCUT2D eigenvalue weighted by Crippen LogP contribution is 1.99. The summed E-state index contributed by atoms with van der Waals surface area (Å²) in [5.41, 5.74) is 0. The summed E-state index contributed by atoms with van der Waals surface area (Å²) < 4.78 is 5.40. The summed E-state index contributed by atoms with van der Waals surface area (Å²) in [5, 5.41) is 3.55. The van der Waals surface area contributed by atoms with Gasteiger partial charge in [0.15, 0.2) is 0 Å². The van der Waals surface area contributed by atoms with Crippen LogP contribution in [0.15, 0.2) is 0 Å². The van der Waals surface area contributed by atoms with E-state index in [0.717, 1.165) is 32.8 Å². The SMILES string of the molecule is CCOCCN(CC)C(C)CNC(C)CC. The average Bonchev–Trinajstić information content (AvgIpc) is 2.31. The quantitative estimate of drug-likeness (QED) is 0.582. The van der Waals surface area contributed by atoms with Crippen molar-refractivity contribution in [1.29, 1.82) is 0 Å². The molecule has 0 aliphatic rings. The molecule has 0 aromatic carbocycles. The van der Waals surface area contributed by atoms with Crippen molar-refractivity contribution in [1.82, 2.24) is 10.2 Å². The zero-order valence-electron chi connectivity index (χ0n) is 11.8. The lowest BCUT2D eigenvalue weighted by Gasteiger charge is -2.28. The molecule has 0 spiro atoms. The normalized spacial score (nSPS) is 15.4. The molecular weight excluding hydrogens is 200 g/mol. The average molecular weight is 230 g/mol. The molecule has 0 saturated heterocycles. The number of nitrogens with one attached hydrogen (secondary N) is 1. The van der Waals surface area contributed by atoms with Crippen LogP contribution < -0.4 is 5.32 Å². The Labute approximate surface area is 102 Å². The largest absolute Gasteiger partial charge is 0.380 e. The van der Waals surface area contributed by atoms with Gasteiger partial charge in [-0.1, -0.05) is 13.8 Å². The number of rotatable bonds is 10. The number of hydrogen-bond donors (Lipinski definition) is 1. The van der Waals surface area contributed by atoms with E-state index >= 15 is 0 Å². The van der Waals surface area contributed by atoms with Crippen LogP contribution in [-0.2, 0) is 4.74 Å². The molecule has 0 rings (SSSR count). The van der Waals surface area contributed by atoms with Crippen molar-refractivity contribution in [3.63, 3.8) is 0 Å². The maximum absolute atomic E-state index is 5.40. The molecule has 0 radical (unpaired) electrons. The molecule has 0 saturated carbocycles. The van der Waals surface area contributed by atoms with Crippen molar-refractivity contribution in [2.45, 2.75) is 53.1 Å². The minimum Gasteiger partial charge on any atom is -0.380 e. The molecule has 3 heteroatoms. The molecule has 0 aromatic heterocycles. The van der Waals surface area contributed by atoms with Gasteiger partial charge in [0.2, 0.25) is 0 Å². The lowest BCUT2D eigenvalue weighted by molar-refractivity contribution is 0.0992. The molecule has 0 aliphatic heterocycles. The highest BCUT2D eigenvalue weighted by Gasteiger charge is 2.11. The van der Waals surface area contributed by atoms with E-state index in [1.807, 2.05) is 6.92 Å². The molecule has 2 unspecified atom stereocenters. The van der Waals surface area contributed by atoms with E-state index in [9.17, 15) is 0 Å². The van der Waals surface area contributed by atoms with Crippen molar-refractivity contribution >= 4 is 0 Å². The van der Waals surface area contributed by atoms with Gasteiger partial charge >= 0.3 is 0 Å². The highest BCUT2D eigenvalue weighted by atomic mass is 16.5. The van der Waals surface area contributed by atoms with Crippen LogP contribution in [0.3, 0.4) is 0 Å². The smallest absolute Gasteiger partial charge is 0.0593 e. The molecule has 16 heavy (non-hydrogen) atoms. The first-order valence-corrected chi connectivity index (χ1v) is 6.70. The summed E-state index contributed by atoms with van der Waals surface area (Å²) in [6.07, 6.45) is 1.19. The van der Waals surface area contributed by atoms with E-state index in [2.05, 4.69) is 37.9 Å². The summed E-state index contributed by atoms with van der Waals surface area (Å²) in [6.45, 7) is 15.9. The van der Waals surface area contributed by atoms with Crippen LogP contribution in [0.4, 0.5) is 0 Å². The molecule has 3 nitrogen and oxygen atoms in total. The third kappa shape index (κ3) is 7.20. The molecule has 0 bridgehead atoms. The van der Waals surface area contributed by atoms with E-state index in [4.69, 9.17) is 4.74 Å². The van der Waals surface area contributed by atoms with Crippen LogP contribution in [-0.4, -0.2) is 49.8 Å². The van der Waals surface area contributed by atoms with Crippen LogP contribution >= 0.6 is 0 Å². The van der Waals surface area contributed by atoms with Crippen LogP contribution in [0.1, 0.15) is 41.0 Å². The van der Waals surface area contributed by atoms with Gasteiger partial charge in [-0.3, -0.25) is 4.90 Å². The zero-order chi connectivity index (χ0) is 12.4. The first kappa shape index (κ1) is 15.9. The van der Waals surface area contributed by atoms with Crippen molar-refractivity contribution < 1.29 is 4.74 Å². The van der Waals surface area contributed by atoms with Crippen molar-refractivity contribution in [2.75, 3.05) is 32.8 Å². The van der Waals surface area contributed by atoms with Gasteiger partial charge in [-0.05, 0) is 33.7 Å². The van der Waals surface area contributed by atoms with E-state index < -0.39 is 0 Å². The Hall–Kier alpha value is -0.120. The summed E-state index contributed by atoms with van der Waals surface area (Å²) in [6, 6.07) is 1.20. The fourth-order valence-corrected chi connectivity index (χ4v) is 1.66. The molecule has 1 N–H and O–H groups in total. The Bertz CT molecular complexity index is 153. The topological polar surface area (TPSA) is 24.5 Å². The zero-order valence-corrected chi connectivity index (χ0v) is 11.8. The number of likely N-dealkylation sites (N-methyl/N-ethyl adjacent to an activating group) is 1. The second kappa shape index (κ2) is 10.1. The predicted molar refractivity (Wildman–Crippen MR) is 71.0 cm³/mol. The van der Waals surface area contributed by atoms with E-state index in [0.29, 0.717) is 12.1 Å². The summed E-state index contributed by atoms with van der Waals surface area (Å²) in [7, 11) is 0. The van der Waals surface area contributed by atoms with Crippen LogP contribution in [0.25, 0.3) is 0 Å². The number of ether oxygens (including phenoxy) is 1. The van der Waals surface area contributed by atoms with E-state index in [-0.39, 0.29) is 0 Å². The van der Waals surface area contributed by atoms with Gasteiger partial charge in [-0.25, -0.2) is 0 Å². The Morgan fingerprint density at radius 1 is 1.19 bits per heavy atom. The Balaban J connectivity index is 3.76. The molecule has 2 atom stereocenters. The first-order valence-electron chi connectivity index (χ1n) is 6.70. The van der Waals surface area contributed by atoms with Crippen LogP contribution in [0.5, 0.6) is 0 Å². The fourth-order valence-electron chi connectivity index (χ4n) is 1.66. The van der Waals surface area contributed by atoms with Gasteiger partial charge in [0, 0.05) is 31.8 Å².